The molecular formula is C15H25NOS. The minimum atomic E-state index is -0.290. The summed E-state index contributed by atoms with van der Waals surface area (Å²) in [5.74, 6) is 1.31. The van der Waals surface area contributed by atoms with E-state index in [2.05, 4.69) is 57.3 Å². The molecule has 2 N–H and O–H groups in total. The molecule has 0 saturated heterocycles. The molecule has 1 aromatic carbocycles. The maximum Gasteiger partial charge on any atom is 0.0758 e. The molecule has 0 fully saturated rings. The SMILES string of the molecule is CC(C)NCC(O)CSc1ccc(C(C)C)cc1. The Morgan fingerprint density at radius 2 is 1.72 bits per heavy atom. The van der Waals surface area contributed by atoms with Gasteiger partial charge >= 0.3 is 0 Å². The van der Waals surface area contributed by atoms with Gasteiger partial charge in [0.2, 0.25) is 0 Å². The molecule has 3 heteroatoms. The van der Waals surface area contributed by atoms with Crippen LogP contribution in [0.25, 0.3) is 0 Å². The molecule has 1 aromatic rings. The third-order valence-corrected chi connectivity index (χ3v) is 3.91. The highest BCUT2D eigenvalue weighted by Crippen LogP contribution is 2.22. The first-order valence-corrected chi connectivity index (χ1v) is 7.61. The van der Waals surface area contributed by atoms with Crippen LogP contribution in [-0.2, 0) is 0 Å². The van der Waals surface area contributed by atoms with E-state index in [-0.39, 0.29) is 6.10 Å². The highest BCUT2D eigenvalue weighted by atomic mass is 32.2. The van der Waals surface area contributed by atoms with Crippen molar-refractivity contribution >= 4 is 11.8 Å². The number of rotatable bonds is 7. The maximum absolute atomic E-state index is 9.82. The molecule has 0 amide bonds. The van der Waals surface area contributed by atoms with Crippen molar-refractivity contribution in [2.75, 3.05) is 12.3 Å². The monoisotopic (exact) mass is 267 g/mol. The zero-order valence-corrected chi connectivity index (χ0v) is 12.6. The standard InChI is InChI=1S/C15H25NOS/c1-11(2)13-5-7-15(8-6-13)18-10-14(17)9-16-12(3)4/h5-8,11-12,14,16-17H,9-10H2,1-4H3. The minimum Gasteiger partial charge on any atom is -0.391 e. The first kappa shape index (κ1) is 15.5. The second-order valence-corrected chi connectivity index (χ2v) is 6.34. The topological polar surface area (TPSA) is 32.3 Å². The zero-order valence-electron chi connectivity index (χ0n) is 11.8. The third-order valence-electron chi connectivity index (χ3n) is 2.75. The van der Waals surface area contributed by atoms with Crippen LogP contribution in [0.1, 0.15) is 39.2 Å². The molecule has 1 atom stereocenters. The summed E-state index contributed by atoms with van der Waals surface area (Å²) in [4.78, 5) is 1.22. The first-order valence-electron chi connectivity index (χ1n) is 6.63. The summed E-state index contributed by atoms with van der Waals surface area (Å²) in [6.45, 7) is 9.23. The molecule has 0 aliphatic heterocycles. The van der Waals surface area contributed by atoms with E-state index in [0.29, 0.717) is 18.5 Å². The molecule has 102 valence electrons. The van der Waals surface area contributed by atoms with E-state index in [0.717, 1.165) is 5.75 Å². The Bertz CT molecular complexity index is 335. The largest absolute Gasteiger partial charge is 0.391 e. The van der Waals surface area contributed by atoms with Gasteiger partial charge in [0.05, 0.1) is 6.10 Å². The smallest absolute Gasteiger partial charge is 0.0758 e. The number of hydrogen-bond acceptors (Lipinski definition) is 3. The average Bonchev–Trinajstić information content (AvgIpc) is 2.34. The Balaban J connectivity index is 2.34. The van der Waals surface area contributed by atoms with Gasteiger partial charge in [-0.05, 0) is 23.6 Å². The van der Waals surface area contributed by atoms with Gasteiger partial charge in [-0.2, -0.15) is 0 Å². The summed E-state index contributed by atoms with van der Waals surface area (Å²) in [5, 5.41) is 13.1. The fraction of sp³-hybridized carbons (Fsp3) is 0.600. The molecule has 0 spiro atoms. The lowest BCUT2D eigenvalue weighted by molar-refractivity contribution is 0.192. The molecule has 0 saturated carbocycles. The van der Waals surface area contributed by atoms with Gasteiger partial charge < -0.3 is 10.4 Å². The van der Waals surface area contributed by atoms with E-state index in [1.54, 1.807) is 11.8 Å². The molecular weight excluding hydrogens is 242 g/mol. The fourth-order valence-electron chi connectivity index (χ4n) is 1.57. The van der Waals surface area contributed by atoms with E-state index in [9.17, 15) is 5.11 Å². The number of thioether (sulfide) groups is 1. The summed E-state index contributed by atoms with van der Waals surface area (Å²) < 4.78 is 0. The number of aliphatic hydroxyl groups is 1. The predicted octanol–water partition coefficient (Wildman–Crippen LogP) is 3.26. The van der Waals surface area contributed by atoms with Crippen LogP contribution >= 0.6 is 11.8 Å². The lowest BCUT2D eigenvalue weighted by Crippen LogP contribution is -2.33. The van der Waals surface area contributed by atoms with Gasteiger partial charge in [-0.3, -0.25) is 0 Å². The van der Waals surface area contributed by atoms with Crippen LogP contribution in [0, 0.1) is 0 Å². The van der Waals surface area contributed by atoms with E-state index < -0.39 is 0 Å². The quantitative estimate of drug-likeness (QED) is 0.744. The summed E-state index contributed by atoms with van der Waals surface area (Å²) in [7, 11) is 0. The Hall–Kier alpha value is -0.510. The lowest BCUT2D eigenvalue weighted by Gasteiger charge is -2.14. The number of hydrogen-bond donors (Lipinski definition) is 2. The highest BCUT2D eigenvalue weighted by molar-refractivity contribution is 7.99. The van der Waals surface area contributed by atoms with E-state index in [1.807, 2.05) is 0 Å². The van der Waals surface area contributed by atoms with Crippen LogP contribution in [-0.4, -0.2) is 29.5 Å². The van der Waals surface area contributed by atoms with Gasteiger partial charge in [0.25, 0.3) is 0 Å². The van der Waals surface area contributed by atoms with E-state index in [1.165, 1.54) is 10.5 Å². The van der Waals surface area contributed by atoms with E-state index in [4.69, 9.17) is 0 Å². The van der Waals surface area contributed by atoms with E-state index >= 15 is 0 Å². The predicted molar refractivity (Wildman–Crippen MR) is 80.4 cm³/mol. The van der Waals surface area contributed by atoms with Crippen molar-refractivity contribution in [3.8, 4) is 0 Å². The number of aliphatic hydroxyl groups excluding tert-OH is 1. The maximum atomic E-state index is 9.82. The highest BCUT2D eigenvalue weighted by Gasteiger charge is 2.06. The molecule has 0 aliphatic carbocycles. The van der Waals surface area contributed by atoms with Gasteiger partial charge in [0.15, 0.2) is 0 Å². The minimum absolute atomic E-state index is 0.290. The molecule has 0 radical (unpaired) electrons. The van der Waals surface area contributed by atoms with Crippen LogP contribution in [0.3, 0.4) is 0 Å². The molecule has 0 aliphatic rings. The molecule has 0 heterocycles. The molecule has 1 unspecified atom stereocenters. The Morgan fingerprint density at radius 1 is 1.11 bits per heavy atom. The summed E-state index contributed by atoms with van der Waals surface area (Å²) in [6.07, 6.45) is -0.290. The fourth-order valence-corrected chi connectivity index (χ4v) is 2.40. The molecule has 18 heavy (non-hydrogen) atoms. The average molecular weight is 267 g/mol. The Morgan fingerprint density at radius 3 is 2.22 bits per heavy atom. The molecule has 1 rings (SSSR count). The van der Waals surface area contributed by atoms with Gasteiger partial charge in [-0.1, -0.05) is 39.8 Å². The van der Waals surface area contributed by atoms with Crippen molar-refractivity contribution in [1.82, 2.24) is 5.32 Å². The van der Waals surface area contributed by atoms with Crippen molar-refractivity contribution in [3.63, 3.8) is 0 Å². The summed E-state index contributed by atoms with van der Waals surface area (Å²) >= 11 is 1.71. The van der Waals surface area contributed by atoms with Crippen LogP contribution in [0.5, 0.6) is 0 Å². The summed E-state index contributed by atoms with van der Waals surface area (Å²) in [5.41, 5.74) is 1.36. The number of benzene rings is 1. The van der Waals surface area contributed by atoms with Crippen molar-refractivity contribution in [1.29, 1.82) is 0 Å². The molecule has 0 bridgehead atoms. The lowest BCUT2D eigenvalue weighted by atomic mass is 10.0. The second-order valence-electron chi connectivity index (χ2n) is 5.25. The molecule has 2 nitrogen and oxygen atoms in total. The van der Waals surface area contributed by atoms with Crippen LogP contribution in [0.15, 0.2) is 29.2 Å². The third kappa shape index (κ3) is 5.89. The number of nitrogens with one attached hydrogen (secondary N) is 1. The van der Waals surface area contributed by atoms with Crippen molar-refractivity contribution in [2.24, 2.45) is 0 Å². The normalized spacial score (nSPS) is 13.3. The van der Waals surface area contributed by atoms with Crippen LogP contribution in [0.4, 0.5) is 0 Å². The second kappa shape index (κ2) is 7.82. The van der Waals surface area contributed by atoms with Crippen molar-refractivity contribution in [3.05, 3.63) is 29.8 Å². The van der Waals surface area contributed by atoms with Crippen molar-refractivity contribution < 1.29 is 5.11 Å². The first-order chi connectivity index (χ1) is 8.49. The van der Waals surface area contributed by atoms with Gasteiger partial charge in [-0.25, -0.2) is 0 Å². The van der Waals surface area contributed by atoms with Crippen LogP contribution < -0.4 is 5.32 Å². The summed E-state index contributed by atoms with van der Waals surface area (Å²) in [6, 6.07) is 9.05. The Labute approximate surface area is 115 Å². The van der Waals surface area contributed by atoms with Crippen molar-refractivity contribution in [2.45, 2.75) is 50.7 Å². The zero-order chi connectivity index (χ0) is 13.5. The molecule has 0 aromatic heterocycles. The van der Waals surface area contributed by atoms with Gasteiger partial charge in [0.1, 0.15) is 0 Å². The Kier molecular flexibility index (Phi) is 6.76. The van der Waals surface area contributed by atoms with Gasteiger partial charge in [0, 0.05) is 23.2 Å². The van der Waals surface area contributed by atoms with Crippen LogP contribution in [0.2, 0.25) is 0 Å². The van der Waals surface area contributed by atoms with Gasteiger partial charge in [-0.15, -0.1) is 11.8 Å².